The minimum absolute atomic E-state index is 0.0228. The molecule has 7 nitrogen and oxygen atoms in total. The number of aryl methyl sites for hydroxylation is 2. The number of rotatable bonds is 5. The number of likely N-dealkylation sites (tertiary alicyclic amines) is 1. The maximum absolute atomic E-state index is 9.50. The molecule has 2 saturated heterocycles. The van der Waals surface area contributed by atoms with Crippen molar-refractivity contribution >= 4 is 28.3 Å². The second-order valence-corrected chi connectivity index (χ2v) is 9.87. The van der Waals surface area contributed by atoms with E-state index in [9.17, 15) is 5.26 Å². The Kier molecular flexibility index (Phi) is 4.48. The Balaban J connectivity index is 1.30. The van der Waals surface area contributed by atoms with E-state index in [1.807, 2.05) is 19.2 Å². The molecule has 1 spiro atoms. The maximum Gasteiger partial charge on any atom is 0.229 e. The molecule has 0 unspecified atom stereocenters. The number of nitriles is 1. The first-order chi connectivity index (χ1) is 14.0. The molecule has 1 aliphatic carbocycles. The fourth-order valence-electron chi connectivity index (χ4n) is 4.86. The number of nitrogens with zero attached hydrogens (tertiary/aromatic N) is 6. The van der Waals surface area contributed by atoms with Gasteiger partial charge in [-0.1, -0.05) is 0 Å². The van der Waals surface area contributed by atoms with Gasteiger partial charge in [-0.15, -0.1) is 0 Å². The molecule has 2 aromatic rings. The summed E-state index contributed by atoms with van der Waals surface area (Å²) in [6, 6.07) is 4.46. The molecular formula is C21H27N7S. The minimum Gasteiger partial charge on any atom is -0.352 e. The fraction of sp³-hybridized carbons (Fsp3) is 0.619. The lowest BCUT2D eigenvalue weighted by molar-refractivity contribution is 0.0250. The predicted molar refractivity (Wildman–Crippen MR) is 115 cm³/mol. The third-order valence-corrected chi connectivity index (χ3v) is 7.73. The summed E-state index contributed by atoms with van der Waals surface area (Å²) in [7, 11) is 0. The quantitative estimate of drug-likeness (QED) is 0.807. The van der Waals surface area contributed by atoms with Crippen LogP contribution in [0.3, 0.4) is 0 Å². The number of nitrogens with one attached hydrogen (secondary N) is 1. The topological polar surface area (TPSA) is 81.0 Å². The zero-order valence-corrected chi connectivity index (χ0v) is 17.9. The Morgan fingerprint density at radius 1 is 1.21 bits per heavy atom. The standard InChI is InChI=1S/C21H27N7S/c1-15-12-23-19(24-17-11-16(2)26-29-17)25-18(15)27-13-21(14-27,5-8-22)28-9-6-20(3-4-20)7-10-28/h11-12H,3-7,9-10,13-14H2,1-2H3,(H,23,24,25). The van der Waals surface area contributed by atoms with Gasteiger partial charge in [0.25, 0.3) is 0 Å². The van der Waals surface area contributed by atoms with Gasteiger partial charge in [-0.25, -0.2) is 4.98 Å². The number of piperidine rings is 1. The molecule has 0 bridgehead atoms. The van der Waals surface area contributed by atoms with Gasteiger partial charge in [0.1, 0.15) is 10.8 Å². The van der Waals surface area contributed by atoms with E-state index >= 15 is 0 Å². The normalized spacial score (nSPS) is 22.2. The minimum atomic E-state index is -0.0228. The number of aromatic nitrogens is 3. The van der Waals surface area contributed by atoms with Crippen molar-refractivity contribution in [1.29, 1.82) is 5.26 Å². The Hall–Kier alpha value is -2.24. The van der Waals surface area contributed by atoms with Gasteiger partial charge in [0.05, 0.1) is 23.7 Å². The van der Waals surface area contributed by atoms with E-state index in [4.69, 9.17) is 4.98 Å². The van der Waals surface area contributed by atoms with Crippen LogP contribution < -0.4 is 10.2 Å². The largest absolute Gasteiger partial charge is 0.352 e. The average Bonchev–Trinajstić information content (AvgIpc) is 3.31. The third kappa shape index (κ3) is 3.47. The van der Waals surface area contributed by atoms with Crippen LogP contribution in [0.2, 0.25) is 0 Å². The summed E-state index contributed by atoms with van der Waals surface area (Å²) in [5.41, 5.74) is 2.69. The second-order valence-electron chi connectivity index (χ2n) is 9.06. The summed E-state index contributed by atoms with van der Waals surface area (Å²) in [4.78, 5) is 14.1. The van der Waals surface area contributed by atoms with E-state index in [1.165, 1.54) is 37.2 Å². The van der Waals surface area contributed by atoms with Crippen LogP contribution >= 0.6 is 11.5 Å². The smallest absolute Gasteiger partial charge is 0.229 e. The predicted octanol–water partition coefficient (Wildman–Crippen LogP) is 3.64. The van der Waals surface area contributed by atoms with Crippen LogP contribution in [0.1, 0.15) is 43.4 Å². The van der Waals surface area contributed by atoms with Gasteiger partial charge in [0.15, 0.2) is 0 Å². The number of anilines is 3. The third-order valence-electron chi connectivity index (χ3n) is 6.94. The van der Waals surface area contributed by atoms with Crippen LogP contribution in [0.15, 0.2) is 12.3 Å². The lowest BCUT2D eigenvalue weighted by Gasteiger charge is -2.57. The van der Waals surface area contributed by atoms with Gasteiger partial charge in [-0.05, 0) is 75.6 Å². The molecule has 4 heterocycles. The highest BCUT2D eigenvalue weighted by molar-refractivity contribution is 7.10. The first kappa shape index (κ1) is 18.8. The van der Waals surface area contributed by atoms with Crippen molar-refractivity contribution in [2.75, 3.05) is 36.4 Å². The van der Waals surface area contributed by atoms with Crippen molar-refractivity contribution in [3.05, 3.63) is 23.5 Å². The Morgan fingerprint density at radius 2 is 1.97 bits per heavy atom. The van der Waals surface area contributed by atoms with E-state index in [-0.39, 0.29) is 5.54 Å². The highest BCUT2D eigenvalue weighted by Gasteiger charge is 2.52. The highest BCUT2D eigenvalue weighted by Crippen LogP contribution is 2.54. The molecule has 2 aliphatic heterocycles. The monoisotopic (exact) mass is 409 g/mol. The highest BCUT2D eigenvalue weighted by atomic mass is 32.1. The fourth-order valence-corrected chi connectivity index (χ4v) is 5.52. The molecule has 0 aromatic carbocycles. The zero-order valence-electron chi connectivity index (χ0n) is 17.1. The van der Waals surface area contributed by atoms with Crippen LogP contribution in [0.5, 0.6) is 0 Å². The van der Waals surface area contributed by atoms with Gasteiger partial charge in [0.2, 0.25) is 5.95 Å². The molecule has 0 amide bonds. The SMILES string of the molecule is Cc1cc(Nc2ncc(C)c(N3CC(CC#N)(N4CCC5(CC4)CC5)C3)n2)sn1. The summed E-state index contributed by atoms with van der Waals surface area (Å²) in [5, 5.41) is 13.7. The zero-order chi connectivity index (χ0) is 20.1. The van der Waals surface area contributed by atoms with Crippen LogP contribution in [0.4, 0.5) is 16.8 Å². The van der Waals surface area contributed by atoms with Crippen LogP contribution in [0, 0.1) is 30.6 Å². The van der Waals surface area contributed by atoms with Gasteiger partial charge in [-0.2, -0.15) is 14.6 Å². The van der Waals surface area contributed by atoms with Crippen molar-refractivity contribution in [3.8, 4) is 6.07 Å². The molecular weight excluding hydrogens is 382 g/mol. The van der Waals surface area contributed by atoms with E-state index in [0.29, 0.717) is 17.8 Å². The second kappa shape index (κ2) is 6.92. The van der Waals surface area contributed by atoms with Crippen LogP contribution in [0.25, 0.3) is 0 Å². The molecule has 29 heavy (non-hydrogen) atoms. The van der Waals surface area contributed by atoms with Gasteiger partial charge < -0.3 is 10.2 Å². The molecule has 0 atom stereocenters. The van der Waals surface area contributed by atoms with Crippen LogP contribution in [-0.4, -0.2) is 51.0 Å². The van der Waals surface area contributed by atoms with Crippen molar-refractivity contribution in [2.24, 2.45) is 5.41 Å². The van der Waals surface area contributed by atoms with Crippen molar-refractivity contribution < 1.29 is 0 Å². The average molecular weight is 410 g/mol. The molecule has 0 radical (unpaired) electrons. The van der Waals surface area contributed by atoms with Crippen LogP contribution in [-0.2, 0) is 0 Å². The van der Waals surface area contributed by atoms with E-state index in [1.54, 1.807) is 0 Å². The molecule has 1 N–H and O–H groups in total. The van der Waals surface area contributed by atoms with Gasteiger partial charge in [0, 0.05) is 24.8 Å². The summed E-state index contributed by atoms with van der Waals surface area (Å²) in [5.74, 6) is 1.56. The van der Waals surface area contributed by atoms with Crippen molar-refractivity contribution in [2.45, 2.75) is 51.5 Å². The molecule has 1 saturated carbocycles. The van der Waals surface area contributed by atoms with Gasteiger partial charge in [-0.3, -0.25) is 4.90 Å². The van der Waals surface area contributed by atoms with E-state index in [0.717, 1.165) is 48.3 Å². The molecule has 3 fully saturated rings. The number of hydrogen-bond donors (Lipinski definition) is 1. The Bertz CT molecular complexity index is 942. The molecule has 3 aliphatic rings. The molecule has 5 rings (SSSR count). The summed E-state index contributed by atoms with van der Waals surface area (Å²) < 4.78 is 4.30. The first-order valence-electron chi connectivity index (χ1n) is 10.4. The number of hydrogen-bond acceptors (Lipinski definition) is 8. The van der Waals surface area contributed by atoms with Crippen molar-refractivity contribution in [3.63, 3.8) is 0 Å². The first-order valence-corrected chi connectivity index (χ1v) is 11.2. The summed E-state index contributed by atoms with van der Waals surface area (Å²) in [6.45, 7) is 8.03. The lowest BCUT2D eigenvalue weighted by Crippen LogP contribution is -2.71. The maximum atomic E-state index is 9.50. The summed E-state index contributed by atoms with van der Waals surface area (Å²) >= 11 is 1.42. The van der Waals surface area contributed by atoms with E-state index in [2.05, 4.69) is 37.5 Å². The van der Waals surface area contributed by atoms with Gasteiger partial charge >= 0.3 is 0 Å². The van der Waals surface area contributed by atoms with Crippen molar-refractivity contribution in [1.82, 2.24) is 19.2 Å². The summed E-state index contributed by atoms with van der Waals surface area (Å²) in [6.07, 6.45) is 7.89. The Morgan fingerprint density at radius 3 is 2.59 bits per heavy atom. The molecule has 8 heteroatoms. The van der Waals surface area contributed by atoms with E-state index < -0.39 is 0 Å². The molecule has 152 valence electrons. The molecule has 2 aromatic heterocycles. The Labute approximate surface area is 175 Å². The lowest BCUT2D eigenvalue weighted by atomic mass is 9.81.